The average molecular weight is 381 g/mol. The van der Waals surface area contributed by atoms with Crippen molar-refractivity contribution in [1.82, 2.24) is 14.9 Å². The van der Waals surface area contributed by atoms with Gasteiger partial charge in [0.2, 0.25) is 5.95 Å². The molecule has 0 spiro atoms. The lowest BCUT2D eigenvalue weighted by Gasteiger charge is -2.35. The van der Waals surface area contributed by atoms with E-state index in [1.807, 2.05) is 36.1 Å². The van der Waals surface area contributed by atoms with Gasteiger partial charge in [0, 0.05) is 51.0 Å². The van der Waals surface area contributed by atoms with Gasteiger partial charge < -0.3 is 19.4 Å². The normalized spacial score (nSPS) is 17.1. The fraction of sp³-hybridized carbons (Fsp3) is 0.476. The number of aromatic nitrogens is 2. The van der Waals surface area contributed by atoms with E-state index in [0.29, 0.717) is 24.4 Å². The van der Waals surface area contributed by atoms with Gasteiger partial charge in [-0.05, 0) is 31.9 Å². The first-order valence-electron chi connectivity index (χ1n) is 9.93. The van der Waals surface area contributed by atoms with E-state index in [1.54, 1.807) is 7.11 Å². The van der Waals surface area contributed by atoms with Crippen molar-refractivity contribution in [3.8, 4) is 5.75 Å². The van der Waals surface area contributed by atoms with Crippen molar-refractivity contribution in [2.45, 2.75) is 19.8 Å². The minimum Gasteiger partial charge on any atom is -0.496 e. The molecule has 0 aliphatic carbocycles. The first kappa shape index (κ1) is 18.5. The van der Waals surface area contributed by atoms with Gasteiger partial charge in [-0.3, -0.25) is 4.79 Å². The first-order chi connectivity index (χ1) is 13.7. The fourth-order valence-corrected chi connectivity index (χ4v) is 3.89. The number of rotatable bonds is 4. The molecule has 2 aliphatic heterocycles. The topological polar surface area (TPSA) is 61.8 Å². The van der Waals surface area contributed by atoms with Gasteiger partial charge >= 0.3 is 0 Å². The van der Waals surface area contributed by atoms with Crippen LogP contribution in [0.3, 0.4) is 0 Å². The SMILES string of the molecule is COc1ccccc1C(=O)N1CCN(c2nc(C)cc(N3CCCC3)n2)CC1. The molecule has 7 nitrogen and oxygen atoms in total. The number of methoxy groups -OCH3 is 1. The third-order valence-corrected chi connectivity index (χ3v) is 5.45. The minimum absolute atomic E-state index is 0.0139. The Labute approximate surface area is 165 Å². The van der Waals surface area contributed by atoms with Gasteiger partial charge in [0.25, 0.3) is 5.91 Å². The van der Waals surface area contributed by atoms with Crippen LogP contribution in [0.15, 0.2) is 30.3 Å². The summed E-state index contributed by atoms with van der Waals surface area (Å²) < 4.78 is 5.34. The number of hydrogen-bond donors (Lipinski definition) is 0. The van der Waals surface area contributed by atoms with Crippen LogP contribution < -0.4 is 14.5 Å². The molecule has 1 aromatic carbocycles. The number of carbonyl (C=O) groups is 1. The van der Waals surface area contributed by atoms with Crippen molar-refractivity contribution in [2.24, 2.45) is 0 Å². The Morgan fingerprint density at radius 1 is 0.964 bits per heavy atom. The number of anilines is 2. The summed E-state index contributed by atoms with van der Waals surface area (Å²) in [6.07, 6.45) is 2.45. The highest BCUT2D eigenvalue weighted by Gasteiger charge is 2.26. The molecule has 0 atom stereocenters. The maximum Gasteiger partial charge on any atom is 0.257 e. The third kappa shape index (κ3) is 3.74. The van der Waals surface area contributed by atoms with Crippen LogP contribution in [0, 0.1) is 6.92 Å². The molecule has 148 valence electrons. The predicted octanol–water partition coefficient (Wildman–Crippen LogP) is 2.36. The molecular formula is C21H27N5O2. The summed E-state index contributed by atoms with van der Waals surface area (Å²) in [7, 11) is 1.59. The van der Waals surface area contributed by atoms with Crippen LogP contribution in [0.25, 0.3) is 0 Å². The number of nitrogens with zero attached hydrogens (tertiary/aromatic N) is 5. The Balaban J connectivity index is 1.45. The largest absolute Gasteiger partial charge is 0.496 e. The van der Waals surface area contributed by atoms with E-state index in [1.165, 1.54) is 12.8 Å². The minimum atomic E-state index is 0.0139. The van der Waals surface area contributed by atoms with Gasteiger partial charge in [0.1, 0.15) is 11.6 Å². The molecule has 7 heteroatoms. The zero-order valence-corrected chi connectivity index (χ0v) is 16.6. The maximum absolute atomic E-state index is 12.9. The van der Waals surface area contributed by atoms with Gasteiger partial charge in [-0.1, -0.05) is 12.1 Å². The average Bonchev–Trinajstić information content (AvgIpc) is 3.28. The van der Waals surface area contributed by atoms with Crippen molar-refractivity contribution in [2.75, 3.05) is 56.2 Å². The van der Waals surface area contributed by atoms with Gasteiger partial charge in [-0.15, -0.1) is 0 Å². The molecule has 0 unspecified atom stereocenters. The molecule has 0 saturated carbocycles. The highest BCUT2D eigenvalue weighted by atomic mass is 16.5. The molecule has 1 amide bonds. The van der Waals surface area contributed by atoms with Gasteiger partial charge in [0.05, 0.1) is 12.7 Å². The molecule has 28 heavy (non-hydrogen) atoms. The number of hydrogen-bond acceptors (Lipinski definition) is 6. The van der Waals surface area contributed by atoms with E-state index < -0.39 is 0 Å². The fourth-order valence-electron chi connectivity index (χ4n) is 3.89. The third-order valence-electron chi connectivity index (χ3n) is 5.45. The van der Waals surface area contributed by atoms with Crippen LogP contribution in [0.2, 0.25) is 0 Å². The quantitative estimate of drug-likeness (QED) is 0.810. The number of carbonyl (C=O) groups excluding carboxylic acids is 1. The van der Waals surface area contributed by atoms with E-state index >= 15 is 0 Å². The zero-order valence-electron chi connectivity index (χ0n) is 16.6. The molecule has 0 bridgehead atoms. The highest BCUT2D eigenvalue weighted by Crippen LogP contribution is 2.23. The maximum atomic E-state index is 12.9. The molecule has 0 radical (unpaired) electrons. The number of benzene rings is 1. The van der Waals surface area contributed by atoms with Crippen LogP contribution in [0.4, 0.5) is 11.8 Å². The van der Waals surface area contributed by atoms with E-state index in [4.69, 9.17) is 9.72 Å². The Kier molecular flexibility index (Phi) is 5.32. The molecule has 2 fully saturated rings. The Morgan fingerprint density at radius 2 is 1.68 bits per heavy atom. The summed E-state index contributed by atoms with van der Waals surface area (Å²) in [5.41, 5.74) is 1.60. The summed E-state index contributed by atoms with van der Waals surface area (Å²) in [6, 6.07) is 9.45. The van der Waals surface area contributed by atoms with Gasteiger partial charge in [0.15, 0.2) is 0 Å². The lowest BCUT2D eigenvalue weighted by Crippen LogP contribution is -2.49. The number of amides is 1. The Hall–Kier alpha value is -2.83. The van der Waals surface area contributed by atoms with E-state index in [2.05, 4.69) is 20.9 Å². The van der Waals surface area contributed by atoms with Crippen molar-refractivity contribution in [3.05, 3.63) is 41.6 Å². The monoisotopic (exact) mass is 381 g/mol. The van der Waals surface area contributed by atoms with Crippen LogP contribution in [0.1, 0.15) is 28.9 Å². The summed E-state index contributed by atoms with van der Waals surface area (Å²) in [6.45, 7) is 6.90. The van der Waals surface area contributed by atoms with Crippen molar-refractivity contribution < 1.29 is 9.53 Å². The lowest BCUT2D eigenvalue weighted by molar-refractivity contribution is 0.0743. The smallest absolute Gasteiger partial charge is 0.257 e. The summed E-state index contributed by atoms with van der Waals surface area (Å²) in [4.78, 5) is 28.7. The van der Waals surface area contributed by atoms with E-state index in [0.717, 1.165) is 43.6 Å². The predicted molar refractivity (Wildman–Crippen MR) is 109 cm³/mol. The van der Waals surface area contributed by atoms with E-state index in [9.17, 15) is 4.79 Å². The number of aryl methyl sites for hydroxylation is 1. The number of piperazine rings is 1. The first-order valence-corrected chi connectivity index (χ1v) is 9.93. The van der Waals surface area contributed by atoms with Crippen LogP contribution in [0.5, 0.6) is 5.75 Å². The van der Waals surface area contributed by atoms with Gasteiger partial charge in [-0.2, -0.15) is 4.98 Å². The molecule has 0 N–H and O–H groups in total. The second kappa shape index (κ2) is 8.04. The highest BCUT2D eigenvalue weighted by molar-refractivity contribution is 5.97. The molecular weight excluding hydrogens is 354 g/mol. The number of ether oxygens (including phenoxy) is 1. The zero-order chi connectivity index (χ0) is 19.5. The lowest BCUT2D eigenvalue weighted by atomic mass is 10.1. The van der Waals surface area contributed by atoms with Crippen LogP contribution in [-0.4, -0.2) is 67.2 Å². The molecule has 1 aromatic heterocycles. The molecule has 3 heterocycles. The van der Waals surface area contributed by atoms with Gasteiger partial charge in [-0.25, -0.2) is 4.98 Å². The second-order valence-corrected chi connectivity index (χ2v) is 7.34. The summed E-state index contributed by atoms with van der Waals surface area (Å²) >= 11 is 0. The van der Waals surface area contributed by atoms with Crippen molar-refractivity contribution in [1.29, 1.82) is 0 Å². The van der Waals surface area contributed by atoms with Crippen LogP contribution >= 0.6 is 0 Å². The molecule has 2 aromatic rings. The van der Waals surface area contributed by atoms with E-state index in [-0.39, 0.29) is 5.91 Å². The van der Waals surface area contributed by atoms with Crippen LogP contribution in [-0.2, 0) is 0 Å². The molecule has 4 rings (SSSR count). The molecule has 2 aliphatic rings. The summed E-state index contributed by atoms with van der Waals surface area (Å²) in [5, 5.41) is 0. The summed E-state index contributed by atoms with van der Waals surface area (Å²) in [5.74, 6) is 2.42. The molecule has 2 saturated heterocycles. The van der Waals surface area contributed by atoms with Crippen molar-refractivity contribution in [3.63, 3.8) is 0 Å². The van der Waals surface area contributed by atoms with Crippen molar-refractivity contribution >= 4 is 17.7 Å². The Bertz CT molecular complexity index is 842. The number of para-hydroxylation sites is 1. The Morgan fingerprint density at radius 3 is 2.39 bits per heavy atom. The second-order valence-electron chi connectivity index (χ2n) is 7.34. The standard InChI is InChI=1S/C21H27N5O2/c1-16-15-19(24-9-5-6-10-24)23-21(22-16)26-13-11-25(12-14-26)20(27)17-7-3-4-8-18(17)28-2/h3-4,7-8,15H,5-6,9-14H2,1-2H3.